The van der Waals surface area contributed by atoms with E-state index in [0.717, 1.165) is 33.3 Å². The molecule has 0 amide bonds. The number of aryl methyl sites for hydroxylation is 1. The van der Waals surface area contributed by atoms with E-state index in [1.165, 1.54) is 6.20 Å². The first kappa shape index (κ1) is 21.5. The molecule has 0 saturated heterocycles. The number of nitrogens with one attached hydrogen (secondary N) is 1. The van der Waals surface area contributed by atoms with Crippen LogP contribution in [-0.4, -0.2) is 34.6 Å². The van der Waals surface area contributed by atoms with Gasteiger partial charge in [0.1, 0.15) is 17.1 Å². The average molecular weight is 447 g/mol. The van der Waals surface area contributed by atoms with Crippen molar-refractivity contribution in [1.82, 2.24) is 15.0 Å². The Labute approximate surface area is 190 Å². The molecular weight excluding hydrogens is 424 g/mol. The summed E-state index contributed by atoms with van der Waals surface area (Å²) in [6, 6.07) is 15.2. The number of hydrogen-bond donors (Lipinski definition) is 1. The standard InChI is InChI=1S/C24H22N4O3S/c1-4-31-24(29)20-13-25-22(17-7-11-19(30-3)12-8-17)28-23(20)27-18-9-5-16(6-10-18)21-14-32-15(2)26-21/h5-14H,4H2,1-3H3,(H,25,27,28). The SMILES string of the molecule is CCOC(=O)c1cnc(-c2ccc(OC)cc2)nc1Nc1ccc(-c2csc(C)n2)cc1. The zero-order valence-electron chi connectivity index (χ0n) is 18.0. The fourth-order valence-corrected chi connectivity index (χ4v) is 3.69. The third-order valence-electron chi connectivity index (χ3n) is 4.69. The van der Waals surface area contributed by atoms with Crippen molar-refractivity contribution >= 4 is 28.8 Å². The van der Waals surface area contributed by atoms with Crippen molar-refractivity contribution in [3.63, 3.8) is 0 Å². The summed E-state index contributed by atoms with van der Waals surface area (Å²) in [5.41, 5.74) is 3.81. The maximum Gasteiger partial charge on any atom is 0.343 e. The highest BCUT2D eigenvalue weighted by atomic mass is 32.1. The Morgan fingerprint density at radius 1 is 1.03 bits per heavy atom. The topological polar surface area (TPSA) is 86.2 Å². The zero-order chi connectivity index (χ0) is 22.5. The molecule has 8 heteroatoms. The van der Waals surface area contributed by atoms with Gasteiger partial charge in [0, 0.05) is 28.4 Å². The van der Waals surface area contributed by atoms with Gasteiger partial charge in [-0.15, -0.1) is 11.3 Å². The van der Waals surface area contributed by atoms with Crippen LogP contribution in [0, 0.1) is 6.92 Å². The molecule has 4 aromatic rings. The van der Waals surface area contributed by atoms with Crippen molar-refractivity contribution in [3.05, 3.63) is 70.7 Å². The number of esters is 1. The van der Waals surface area contributed by atoms with E-state index in [1.54, 1.807) is 25.4 Å². The number of aromatic nitrogens is 3. The molecule has 0 bridgehead atoms. The largest absolute Gasteiger partial charge is 0.497 e. The Hall–Kier alpha value is -3.78. The number of anilines is 2. The third-order valence-corrected chi connectivity index (χ3v) is 5.47. The van der Waals surface area contributed by atoms with Crippen LogP contribution in [-0.2, 0) is 4.74 Å². The number of methoxy groups -OCH3 is 1. The molecule has 0 unspecified atom stereocenters. The Morgan fingerprint density at radius 2 is 1.75 bits per heavy atom. The number of ether oxygens (including phenoxy) is 2. The van der Waals surface area contributed by atoms with Gasteiger partial charge < -0.3 is 14.8 Å². The minimum Gasteiger partial charge on any atom is -0.497 e. The number of rotatable bonds is 7. The van der Waals surface area contributed by atoms with Crippen LogP contribution in [0.1, 0.15) is 22.3 Å². The lowest BCUT2D eigenvalue weighted by Gasteiger charge is -2.12. The van der Waals surface area contributed by atoms with E-state index in [-0.39, 0.29) is 12.2 Å². The van der Waals surface area contributed by atoms with Gasteiger partial charge in [0.25, 0.3) is 0 Å². The van der Waals surface area contributed by atoms with Gasteiger partial charge in [-0.1, -0.05) is 12.1 Å². The first-order valence-corrected chi connectivity index (χ1v) is 10.9. The summed E-state index contributed by atoms with van der Waals surface area (Å²) >= 11 is 1.61. The first-order chi connectivity index (χ1) is 15.6. The smallest absolute Gasteiger partial charge is 0.343 e. The highest BCUT2D eigenvalue weighted by molar-refractivity contribution is 7.09. The van der Waals surface area contributed by atoms with Gasteiger partial charge in [0.2, 0.25) is 0 Å². The second-order valence-corrected chi connectivity index (χ2v) is 7.92. The van der Waals surface area contributed by atoms with Gasteiger partial charge in [-0.3, -0.25) is 0 Å². The van der Waals surface area contributed by atoms with Crippen LogP contribution in [0.2, 0.25) is 0 Å². The molecular formula is C24H22N4O3S. The average Bonchev–Trinajstić information content (AvgIpc) is 3.26. The summed E-state index contributed by atoms with van der Waals surface area (Å²) in [6.07, 6.45) is 1.49. The summed E-state index contributed by atoms with van der Waals surface area (Å²) in [4.78, 5) is 26.0. The van der Waals surface area contributed by atoms with Crippen molar-refractivity contribution in [2.45, 2.75) is 13.8 Å². The predicted octanol–water partition coefficient (Wildman–Crippen LogP) is 5.50. The minimum absolute atomic E-state index is 0.264. The summed E-state index contributed by atoms with van der Waals surface area (Å²) in [7, 11) is 1.61. The quantitative estimate of drug-likeness (QED) is 0.375. The first-order valence-electron chi connectivity index (χ1n) is 10.1. The Bertz CT molecular complexity index is 1220. The molecule has 2 heterocycles. The van der Waals surface area contributed by atoms with Crippen LogP contribution in [0.5, 0.6) is 5.75 Å². The van der Waals surface area contributed by atoms with Crippen molar-refractivity contribution in [2.24, 2.45) is 0 Å². The number of carbonyl (C=O) groups excluding carboxylic acids is 1. The summed E-state index contributed by atoms with van der Waals surface area (Å²) in [5, 5.41) is 6.29. The van der Waals surface area contributed by atoms with Crippen molar-refractivity contribution in [3.8, 4) is 28.4 Å². The van der Waals surface area contributed by atoms with Crippen LogP contribution in [0.25, 0.3) is 22.6 Å². The lowest BCUT2D eigenvalue weighted by atomic mass is 10.1. The van der Waals surface area contributed by atoms with Gasteiger partial charge in [-0.05, 0) is 50.2 Å². The molecule has 0 spiro atoms. The van der Waals surface area contributed by atoms with Crippen molar-refractivity contribution < 1.29 is 14.3 Å². The minimum atomic E-state index is -0.481. The molecule has 0 atom stereocenters. The molecule has 2 aromatic carbocycles. The number of thiazole rings is 1. The van der Waals surface area contributed by atoms with Gasteiger partial charge in [0.05, 0.1) is 24.4 Å². The fourth-order valence-electron chi connectivity index (χ4n) is 3.07. The van der Waals surface area contributed by atoms with E-state index in [0.29, 0.717) is 11.6 Å². The number of carbonyl (C=O) groups is 1. The second kappa shape index (κ2) is 9.57. The van der Waals surface area contributed by atoms with Crippen LogP contribution in [0.3, 0.4) is 0 Å². The molecule has 0 aliphatic heterocycles. The molecule has 0 saturated carbocycles. The van der Waals surface area contributed by atoms with E-state index in [1.807, 2.05) is 60.8 Å². The predicted molar refractivity (Wildman–Crippen MR) is 126 cm³/mol. The zero-order valence-corrected chi connectivity index (χ0v) is 18.8. The van der Waals surface area contributed by atoms with Gasteiger partial charge in [0.15, 0.2) is 5.82 Å². The van der Waals surface area contributed by atoms with E-state index >= 15 is 0 Å². The Kier molecular flexibility index (Phi) is 6.42. The van der Waals surface area contributed by atoms with Crippen molar-refractivity contribution in [1.29, 1.82) is 0 Å². The molecule has 0 aliphatic carbocycles. The number of benzene rings is 2. The van der Waals surface area contributed by atoms with Gasteiger partial charge in [-0.2, -0.15) is 0 Å². The van der Waals surface area contributed by atoms with E-state index in [9.17, 15) is 4.79 Å². The van der Waals surface area contributed by atoms with Gasteiger partial charge in [-0.25, -0.2) is 19.7 Å². The summed E-state index contributed by atoms with van der Waals surface area (Å²) in [6.45, 7) is 4.01. The molecule has 162 valence electrons. The van der Waals surface area contributed by atoms with Crippen LogP contribution < -0.4 is 10.1 Å². The lowest BCUT2D eigenvalue weighted by molar-refractivity contribution is 0.0526. The molecule has 2 aromatic heterocycles. The lowest BCUT2D eigenvalue weighted by Crippen LogP contribution is -2.11. The van der Waals surface area contributed by atoms with Crippen LogP contribution >= 0.6 is 11.3 Å². The van der Waals surface area contributed by atoms with E-state index < -0.39 is 5.97 Å². The Morgan fingerprint density at radius 3 is 2.38 bits per heavy atom. The third kappa shape index (κ3) is 4.76. The molecule has 0 fully saturated rings. The maximum atomic E-state index is 12.5. The van der Waals surface area contributed by atoms with Crippen LogP contribution in [0.15, 0.2) is 60.1 Å². The fraction of sp³-hybridized carbons (Fsp3) is 0.167. The van der Waals surface area contributed by atoms with Crippen LogP contribution in [0.4, 0.5) is 11.5 Å². The molecule has 0 aliphatic rings. The van der Waals surface area contributed by atoms with E-state index in [4.69, 9.17) is 9.47 Å². The number of nitrogens with zero attached hydrogens (tertiary/aromatic N) is 3. The molecule has 1 N–H and O–H groups in total. The van der Waals surface area contributed by atoms with Gasteiger partial charge >= 0.3 is 5.97 Å². The normalized spacial score (nSPS) is 10.6. The highest BCUT2D eigenvalue weighted by Gasteiger charge is 2.17. The molecule has 0 radical (unpaired) electrons. The second-order valence-electron chi connectivity index (χ2n) is 6.86. The monoisotopic (exact) mass is 446 g/mol. The summed E-state index contributed by atoms with van der Waals surface area (Å²) in [5.74, 6) is 1.12. The summed E-state index contributed by atoms with van der Waals surface area (Å²) < 4.78 is 10.4. The highest BCUT2D eigenvalue weighted by Crippen LogP contribution is 2.27. The maximum absolute atomic E-state index is 12.5. The molecule has 7 nitrogen and oxygen atoms in total. The molecule has 4 rings (SSSR count). The molecule has 32 heavy (non-hydrogen) atoms. The number of hydrogen-bond acceptors (Lipinski definition) is 8. The van der Waals surface area contributed by atoms with E-state index in [2.05, 4.69) is 20.3 Å². The van der Waals surface area contributed by atoms with Crippen molar-refractivity contribution in [2.75, 3.05) is 19.0 Å². The Balaban J connectivity index is 1.65.